The molecule has 0 spiro atoms. The summed E-state index contributed by atoms with van der Waals surface area (Å²) in [5.74, 6) is -0.995. The van der Waals surface area contributed by atoms with Crippen molar-refractivity contribution >= 4 is 34.4 Å². The van der Waals surface area contributed by atoms with Gasteiger partial charge in [-0.3, -0.25) is 0 Å². The largest absolute Gasteiger partial charge is 0.478 e. The van der Waals surface area contributed by atoms with Gasteiger partial charge in [0.15, 0.2) is 5.58 Å². The van der Waals surface area contributed by atoms with Crippen LogP contribution in [0.3, 0.4) is 0 Å². The number of hydrogen-bond donors (Lipinski definition) is 2. The number of carbonyl (C=O) groups is 1. The fourth-order valence-corrected chi connectivity index (χ4v) is 2.68. The first-order valence-corrected chi connectivity index (χ1v) is 7.16. The summed E-state index contributed by atoms with van der Waals surface area (Å²) in [6, 6.07) is 4.94. The molecule has 2 aromatic heterocycles. The van der Waals surface area contributed by atoms with Gasteiger partial charge in [0.1, 0.15) is 10.5 Å². The molecule has 0 aliphatic rings. The van der Waals surface area contributed by atoms with Crippen LogP contribution in [-0.4, -0.2) is 21.0 Å². The Kier molecular flexibility index (Phi) is 3.13. The number of aromatic carboxylic acids is 1. The first-order valence-electron chi connectivity index (χ1n) is 6.28. The zero-order valence-corrected chi connectivity index (χ0v) is 12.3. The summed E-state index contributed by atoms with van der Waals surface area (Å²) in [6.45, 7) is 3.95. The van der Waals surface area contributed by atoms with E-state index in [0.717, 1.165) is 5.01 Å². The van der Waals surface area contributed by atoms with Crippen molar-refractivity contribution in [2.45, 2.75) is 19.4 Å². The van der Waals surface area contributed by atoms with Crippen molar-refractivity contribution in [1.82, 2.24) is 9.97 Å². The molecular weight excluding hydrogens is 290 g/mol. The molecule has 108 valence electrons. The molecule has 0 unspecified atom stereocenters. The molecule has 3 aromatic rings. The van der Waals surface area contributed by atoms with Crippen molar-refractivity contribution in [2.75, 3.05) is 5.32 Å². The van der Waals surface area contributed by atoms with Crippen LogP contribution in [0, 0.1) is 0 Å². The van der Waals surface area contributed by atoms with Crippen LogP contribution in [0.25, 0.3) is 11.1 Å². The number of oxazole rings is 1. The Balaban J connectivity index is 1.93. The zero-order valence-electron chi connectivity index (χ0n) is 11.5. The summed E-state index contributed by atoms with van der Waals surface area (Å²) in [7, 11) is 0. The monoisotopic (exact) mass is 303 g/mol. The van der Waals surface area contributed by atoms with Gasteiger partial charge in [-0.15, -0.1) is 11.3 Å². The maximum absolute atomic E-state index is 11.0. The molecule has 1 aromatic carbocycles. The molecule has 0 bridgehead atoms. The molecule has 0 atom stereocenters. The fraction of sp³-hybridized carbons (Fsp3) is 0.214. The third-order valence-corrected chi connectivity index (χ3v) is 4.12. The van der Waals surface area contributed by atoms with Crippen molar-refractivity contribution in [3.8, 4) is 0 Å². The third-order valence-electron chi connectivity index (χ3n) is 3.02. The highest BCUT2D eigenvalue weighted by molar-refractivity contribution is 7.09. The fourth-order valence-electron chi connectivity index (χ4n) is 1.96. The second-order valence-corrected chi connectivity index (χ2v) is 5.99. The van der Waals surface area contributed by atoms with E-state index in [9.17, 15) is 4.79 Å². The summed E-state index contributed by atoms with van der Waals surface area (Å²) in [5, 5.41) is 15.0. The van der Waals surface area contributed by atoms with Crippen LogP contribution in [-0.2, 0) is 5.54 Å². The molecule has 21 heavy (non-hydrogen) atoms. The molecule has 0 saturated carbocycles. The number of carboxylic acids is 1. The SMILES string of the molecule is CC(C)(Nc1nc2ccc(C(=O)O)cc2o1)c1nccs1. The first-order chi connectivity index (χ1) is 9.95. The van der Waals surface area contributed by atoms with Gasteiger partial charge in [-0.05, 0) is 32.0 Å². The van der Waals surface area contributed by atoms with E-state index in [1.54, 1.807) is 23.6 Å². The first kappa shape index (κ1) is 13.6. The minimum absolute atomic E-state index is 0.171. The molecule has 3 rings (SSSR count). The van der Waals surface area contributed by atoms with Gasteiger partial charge in [0.2, 0.25) is 0 Å². The lowest BCUT2D eigenvalue weighted by Gasteiger charge is -2.22. The predicted octanol–water partition coefficient (Wildman–Crippen LogP) is 3.33. The Morgan fingerprint density at radius 2 is 2.24 bits per heavy atom. The number of benzene rings is 1. The Bertz CT molecular complexity index is 793. The maximum Gasteiger partial charge on any atom is 0.335 e. The Hall–Kier alpha value is -2.41. The lowest BCUT2D eigenvalue weighted by Crippen LogP contribution is -2.27. The summed E-state index contributed by atoms with van der Waals surface area (Å²) in [4.78, 5) is 19.5. The number of rotatable bonds is 4. The molecular formula is C14H13N3O3S. The number of nitrogens with one attached hydrogen (secondary N) is 1. The van der Waals surface area contributed by atoms with E-state index >= 15 is 0 Å². The number of carboxylic acid groups (broad SMARTS) is 1. The molecule has 7 heteroatoms. The maximum atomic E-state index is 11.0. The molecule has 0 fully saturated rings. The minimum atomic E-state index is -0.995. The van der Waals surface area contributed by atoms with Gasteiger partial charge in [-0.25, -0.2) is 9.78 Å². The van der Waals surface area contributed by atoms with E-state index in [2.05, 4.69) is 15.3 Å². The molecule has 6 nitrogen and oxygen atoms in total. The predicted molar refractivity (Wildman–Crippen MR) is 79.7 cm³/mol. The van der Waals surface area contributed by atoms with Gasteiger partial charge in [0.25, 0.3) is 6.01 Å². The van der Waals surface area contributed by atoms with Crippen molar-refractivity contribution < 1.29 is 14.3 Å². The van der Waals surface area contributed by atoms with Crippen LogP contribution < -0.4 is 5.32 Å². The van der Waals surface area contributed by atoms with Crippen molar-refractivity contribution in [3.05, 3.63) is 40.3 Å². The molecule has 0 aliphatic heterocycles. The third kappa shape index (κ3) is 2.59. The smallest absolute Gasteiger partial charge is 0.335 e. The number of thiazole rings is 1. The second kappa shape index (κ2) is 4.85. The second-order valence-electron chi connectivity index (χ2n) is 5.09. The average molecular weight is 303 g/mol. The summed E-state index contributed by atoms with van der Waals surface area (Å²) in [5.41, 5.74) is 0.791. The van der Waals surface area contributed by atoms with E-state index in [0.29, 0.717) is 17.1 Å². The van der Waals surface area contributed by atoms with E-state index < -0.39 is 11.5 Å². The highest BCUT2D eigenvalue weighted by Crippen LogP contribution is 2.28. The van der Waals surface area contributed by atoms with Crippen LogP contribution in [0.2, 0.25) is 0 Å². The van der Waals surface area contributed by atoms with Gasteiger partial charge in [-0.1, -0.05) is 0 Å². The van der Waals surface area contributed by atoms with E-state index in [1.807, 2.05) is 19.2 Å². The van der Waals surface area contributed by atoms with Gasteiger partial charge < -0.3 is 14.8 Å². The molecule has 0 saturated heterocycles. The van der Waals surface area contributed by atoms with Crippen LogP contribution in [0.1, 0.15) is 29.2 Å². The Labute approximate surface area is 124 Å². The lowest BCUT2D eigenvalue weighted by atomic mass is 10.1. The highest BCUT2D eigenvalue weighted by Gasteiger charge is 2.25. The van der Waals surface area contributed by atoms with E-state index in [-0.39, 0.29) is 5.56 Å². The normalized spacial score (nSPS) is 11.7. The zero-order chi connectivity index (χ0) is 15.0. The van der Waals surface area contributed by atoms with Crippen molar-refractivity contribution in [3.63, 3.8) is 0 Å². The van der Waals surface area contributed by atoms with Crippen molar-refractivity contribution in [1.29, 1.82) is 0 Å². The molecule has 2 heterocycles. The molecule has 0 radical (unpaired) electrons. The molecule has 2 N–H and O–H groups in total. The van der Waals surface area contributed by atoms with Crippen LogP contribution in [0.15, 0.2) is 34.2 Å². The van der Waals surface area contributed by atoms with Gasteiger partial charge in [0, 0.05) is 11.6 Å². The van der Waals surface area contributed by atoms with Gasteiger partial charge in [0.05, 0.1) is 11.1 Å². The van der Waals surface area contributed by atoms with E-state index in [1.165, 1.54) is 12.1 Å². The quantitative estimate of drug-likeness (QED) is 0.768. The number of fused-ring (bicyclic) bond motifs is 1. The minimum Gasteiger partial charge on any atom is -0.478 e. The summed E-state index contributed by atoms with van der Waals surface area (Å²) in [6.07, 6.45) is 1.74. The summed E-state index contributed by atoms with van der Waals surface area (Å²) < 4.78 is 5.58. The number of hydrogen-bond acceptors (Lipinski definition) is 6. The van der Waals surface area contributed by atoms with Crippen LogP contribution in [0.5, 0.6) is 0 Å². The Morgan fingerprint density at radius 1 is 1.43 bits per heavy atom. The van der Waals surface area contributed by atoms with Crippen molar-refractivity contribution in [2.24, 2.45) is 0 Å². The number of nitrogens with zero attached hydrogens (tertiary/aromatic N) is 2. The van der Waals surface area contributed by atoms with Gasteiger partial charge >= 0.3 is 5.97 Å². The number of anilines is 1. The Morgan fingerprint density at radius 3 is 2.90 bits per heavy atom. The van der Waals surface area contributed by atoms with E-state index in [4.69, 9.17) is 9.52 Å². The average Bonchev–Trinajstić information content (AvgIpc) is 3.06. The topological polar surface area (TPSA) is 88.2 Å². The molecule has 0 aliphatic carbocycles. The summed E-state index contributed by atoms with van der Waals surface area (Å²) >= 11 is 1.54. The standard InChI is InChI=1S/C14H13N3O3S/c1-14(2,12-15-5-6-21-12)17-13-16-9-4-3-8(11(18)19)7-10(9)20-13/h3-7H,1-2H3,(H,16,17)(H,18,19). The molecule has 0 amide bonds. The van der Waals surface area contributed by atoms with Crippen LogP contribution >= 0.6 is 11.3 Å². The highest BCUT2D eigenvalue weighted by atomic mass is 32.1. The van der Waals surface area contributed by atoms with Gasteiger partial charge in [-0.2, -0.15) is 4.98 Å². The van der Waals surface area contributed by atoms with Crippen LogP contribution in [0.4, 0.5) is 6.01 Å². The number of aromatic nitrogens is 2. The lowest BCUT2D eigenvalue weighted by molar-refractivity contribution is 0.0697.